The monoisotopic (exact) mass is 435 g/mol. The van der Waals surface area contributed by atoms with Gasteiger partial charge in [0.15, 0.2) is 0 Å². The van der Waals surface area contributed by atoms with Crippen LogP contribution >= 0.6 is 11.3 Å². The Kier molecular flexibility index (Phi) is 5.15. The summed E-state index contributed by atoms with van der Waals surface area (Å²) in [4.78, 5) is 26.0. The number of thiazole rings is 1. The maximum atomic E-state index is 14.1. The van der Waals surface area contributed by atoms with Crippen molar-refractivity contribution >= 4 is 34.0 Å². The summed E-state index contributed by atoms with van der Waals surface area (Å²) in [5, 5.41) is 3.68. The molecule has 31 heavy (non-hydrogen) atoms. The van der Waals surface area contributed by atoms with E-state index in [9.17, 15) is 9.18 Å². The van der Waals surface area contributed by atoms with Crippen molar-refractivity contribution in [3.05, 3.63) is 65.7 Å². The van der Waals surface area contributed by atoms with E-state index in [0.717, 1.165) is 28.1 Å². The van der Waals surface area contributed by atoms with Crippen molar-refractivity contribution in [3.63, 3.8) is 0 Å². The molecule has 4 heterocycles. The van der Waals surface area contributed by atoms with Gasteiger partial charge in [-0.05, 0) is 31.2 Å². The summed E-state index contributed by atoms with van der Waals surface area (Å²) in [6, 6.07) is 10.7. The van der Waals surface area contributed by atoms with Crippen LogP contribution in [0.25, 0.3) is 21.6 Å². The quantitative estimate of drug-likeness (QED) is 0.480. The molecule has 6 nitrogen and oxygen atoms in total. The number of carbonyl (C=O) groups is 1. The number of nitrogens with zero attached hydrogens (tertiary/aromatic N) is 5. The summed E-state index contributed by atoms with van der Waals surface area (Å²) in [5.41, 5.74) is 2.97. The van der Waals surface area contributed by atoms with Crippen molar-refractivity contribution in [1.29, 1.82) is 0 Å². The number of benzene rings is 1. The van der Waals surface area contributed by atoms with Crippen LogP contribution in [0, 0.1) is 5.82 Å². The van der Waals surface area contributed by atoms with Crippen LogP contribution in [0.15, 0.2) is 54.2 Å². The van der Waals surface area contributed by atoms with Gasteiger partial charge in [0.1, 0.15) is 22.2 Å². The average molecular weight is 436 g/mol. The van der Waals surface area contributed by atoms with Crippen molar-refractivity contribution in [2.45, 2.75) is 13.5 Å². The molecule has 1 fully saturated rings. The standard InChI is InChI=1S/C23H22FN5OS/c1-2-27-14-17(16-6-5-9-25-21(16)27)22-26-19(15-31-22)23(30)29-12-10-28(11-13-29)20-8-4-3-7-18(20)24/h3-9,14-15H,2,10-13H2,1H3. The highest BCUT2D eigenvalue weighted by Gasteiger charge is 2.25. The van der Waals surface area contributed by atoms with Crippen LogP contribution in [0.2, 0.25) is 0 Å². The molecule has 0 aliphatic carbocycles. The number of amides is 1. The molecule has 0 N–H and O–H groups in total. The molecular weight excluding hydrogens is 413 g/mol. The Balaban J connectivity index is 1.33. The van der Waals surface area contributed by atoms with Crippen molar-refractivity contribution in [2.75, 3.05) is 31.1 Å². The van der Waals surface area contributed by atoms with E-state index >= 15 is 0 Å². The molecule has 8 heteroatoms. The number of hydrogen-bond donors (Lipinski definition) is 0. The predicted molar refractivity (Wildman–Crippen MR) is 121 cm³/mol. The van der Waals surface area contributed by atoms with E-state index in [4.69, 9.17) is 0 Å². The number of piperazine rings is 1. The molecule has 0 bridgehead atoms. The lowest BCUT2D eigenvalue weighted by Gasteiger charge is -2.35. The summed E-state index contributed by atoms with van der Waals surface area (Å²) >= 11 is 1.47. The third-order valence-electron chi connectivity index (χ3n) is 5.69. The smallest absolute Gasteiger partial charge is 0.273 e. The van der Waals surface area contributed by atoms with Crippen LogP contribution in [0.5, 0.6) is 0 Å². The fraction of sp³-hybridized carbons (Fsp3) is 0.261. The molecule has 1 amide bonds. The first-order valence-corrected chi connectivity index (χ1v) is 11.2. The summed E-state index contributed by atoms with van der Waals surface area (Å²) in [6.07, 6.45) is 3.84. The lowest BCUT2D eigenvalue weighted by molar-refractivity contribution is 0.0741. The Morgan fingerprint density at radius 1 is 1.13 bits per heavy atom. The molecular formula is C23H22FN5OS. The first-order chi connectivity index (χ1) is 15.2. The van der Waals surface area contributed by atoms with Gasteiger partial charge in [-0.15, -0.1) is 11.3 Å². The second-order valence-electron chi connectivity index (χ2n) is 7.47. The van der Waals surface area contributed by atoms with Crippen molar-refractivity contribution in [2.24, 2.45) is 0 Å². The Hall–Kier alpha value is -3.26. The van der Waals surface area contributed by atoms with E-state index in [0.29, 0.717) is 37.6 Å². The van der Waals surface area contributed by atoms with E-state index in [1.54, 1.807) is 23.2 Å². The first-order valence-electron chi connectivity index (χ1n) is 10.3. The minimum atomic E-state index is -0.229. The number of anilines is 1. The van der Waals surface area contributed by atoms with E-state index < -0.39 is 0 Å². The number of halogens is 1. The zero-order chi connectivity index (χ0) is 21.4. The fourth-order valence-corrected chi connectivity index (χ4v) is 4.87. The van der Waals surface area contributed by atoms with Crippen LogP contribution in [0.3, 0.4) is 0 Å². The van der Waals surface area contributed by atoms with E-state index in [-0.39, 0.29) is 11.7 Å². The van der Waals surface area contributed by atoms with Gasteiger partial charge in [0.2, 0.25) is 0 Å². The molecule has 0 unspecified atom stereocenters. The molecule has 5 rings (SSSR count). The Labute approximate surface area is 183 Å². The molecule has 1 saturated heterocycles. The zero-order valence-electron chi connectivity index (χ0n) is 17.2. The third kappa shape index (κ3) is 3.57. The fourth-order valence-electron chi connectivity index (χ4n) is 4.05. The lowest BCUT2D eigenvalue weighted by Crippen LogP contribution is -2.49. The second kappa shape index (κ2) is 8.11. The van der Waals surface area contributed by atoms with Gasteiger partial charge in [-0.2, -0.15) is 0 Å². The Morgan fingerprint density at radius 3 is 2.71 bits per heavy atom. The predicted octanol–water partition coefficient (Wildman–Crippen LogP) is 4.28. The highest BCUT2D eigenvalue weighted by molar-refractivity contribution is 7.13. The van der Waals surface area contributed by atoms with Crippen molar-refractivity contribution < 1.29 is 9.18 Å². The van der Waals surface area contributed by atoms with Gasteiger partial charge in [-0.3, -0.25) is 4.79 Å². The summed E-state index contributed by atoms with van der Waals surface area (Å²) in [7, 11) is 0. The normalized spacial score (nSPS) is 14.4. The lowest BCUT2D eigenvalue weighted by atomic mass is 10.2. The number of rotatable bonds is 4. The van der Waals surface area contributed by atoms with Crippen LogP contribution < -0.4 is 4.90 Å². The number of para-hydroxylation sites is 1. The van der Waals surface area contributed by atoms with E-state index in [2.05, 4.69) is 27.7 Å². The van der Waals surface area contributed by atoms with Gasteiger partial charge < -0.3 is 14.4 Å². The first kappa shape index (κ1) is 19.7. The number of pyridine rings is 1. The van der Waals surface area contributed by atoms with Gasteiger partial charge in [-0.1, -0.05) is 12.1 Å². The molecule has 0 spiro atoms. The molecule has 1 aromatic carbocycles. The Bertz CT molecular complexity index is 1240. The molecule has 1 aliphatic heterocycles. The average Bonchev–Trinajstić information content (AvgIpc) is 3.44. The minimum absolute atomic E-state index is 0.0759. The molecule has 3 aromatic heterocycles. The number of hydrogen-bond acceptors (Lipinski definition) is 5. The van der Waals surface area contributed by atoms with Gasteiger partial charge in [0.25, 0.3) is 5.91 Å². The molecule has 4 aromatic rings. The van der Waals surface area contributed by atoms with Crippen LogP contribution in [0.1, 0.15) is 17.4 Å². The van der Waals surface area contributed by atoms with Gasteiger partial charge in [0.05, 0.1) is 5.69 Å². The highest BCUT2D eigenvalue weighted by Crippen LogP contribution is 2.32. The molecule has 0 radical (unpaired) electrons. The number of carbonyl (C=O) groups excluding carboxylic acids is 1. The number of fused-ring (bicyclic) bond motifs is 1. The van der Waals surface area contributed by atoms with Gasteiger partial charge in [0, 0.05) is 61.4 Å². The molecule has 0 saturated carbocycles. The van der Waals surface area contributed by atoms with Gasteiger partial charge in [-0.25, -0.2) is 14.4 Å². The minimum Gasteiger partial charge on any atom is -0.366 e. The molecule has 0 atom stereocenters. The summed E-state index contributed by atoms with van der Waals surface area (Å²) < 4.78 is 16.2. The van der Waals surface area contributed by atoms with Gasteiger partial charge >= 0.3 is 0 Å². The maximum Gasteiger partial charge on any atom is 0.273 e. The summed E-state index contributed by atoms with van der Waals surface area (Å²) in [6.45, 7) is 5.17. The largest absolute Gasteiger partial charge is 0.366 e. The molecule has 158 valence electrons. The number of aryl methyl sites for hydroxylation is 1. The van der Waals surface area contributed by atoms with Crippen molar-refractivity contribution in [1.82, 2.24) is 19.4 Å². The van der Waals surface area contributed by atoms with Crippen LogP contribution in [-0.4, -0.2) is 51.5 Å². The van der Waals surface area contributed by atoms with E-state index in [1.807, 2.05) is 28.5 Å². The highest BCUT2D eigenvalue weighted by atomic mass is 32.1. The summed E-state index contributed by atoms with van der Waals surface area (Å²) in [5.74, 6) is -0.305. The van der Waals surface area contributed by atoms with Crippen molar-refractivity contribution in [3.8, 4) is 10.6 Å². The SMILES string of the molecule is CCn1cc(-c2nc(C(=O)N3CCN(c4ccccc4F)CC3)cs2)c2cccnc21. The van der Waals surface area contributed by atoms with Crippen LogP contribution in [0.4, 0.5) is 10.1 Å². The topological polar surface area (TPSA) is 54.3 Å². The Morgan fingerprint density at radius 2 is 1.94 bits per heavy atom. The third-order valence-corrected chi connectivity index (χ3v) is 6.56. The maximum absolute atomic E-state index is 14.1. The molecule has 1 aliphatic rings. The zero-order valence-corrected chi connectivity index (χ0v) is 18.0. The second-order valence-corrected chi connectivity index (χ2v) is 8.33. The van der Waals surface area contributed by atoms with Crippen LogP contribution in [-0.2, 0) is 6.54 Å². The number of aromatic nitrogens is 3. The van der Waals surface area contributed by atoms with E-state index in [1.165, 1.54) is 17.4 Å².